The summed E-state index contributed by atoms with van der Waals surface area (Å²) in [5, 5.41) is 9.98. The van der Waals surface area contributed by atoms with E-state index in [1.165, 1.54) is 0 Å². The van der Waals surface area contributed by atoms with E-state index in [4.69, 9.17) is 0 Å². The van der Waals surface area contributed by atoms with Gasteiger partial charge >= 0.3 is 0 Å². The molecule has 3 aromatic rings. The highest BCUT2D eigenvalue weighted by molar-refractivity contribution is 5.96. The van der Waals surface area contributed by atoms with Gasteiger partial charge in [-0.05, 0) is 57.2 Å². The highest BCUT2D eigenvalue weighted by Crippen LogP contribution is 2.37. The van der Waals surface area contributed by atoms with Crippen LogP contribution in [0.1, 0.15) is 48.3 Å². The zero-order valence-corrected chi connectivity index (χ0v) is 19.5. The molecule has 3 heterocycles. The summed E-state index contributed by atoms with van der Waals surface area (Å²) >= 11 is 0. The molecule has 1 aliphatic heterocycles. The van der Waals surface area contributed by atoms with Crippen molar-refractivity contribution >= 4 is 11.8 Å². The Morgan fingerprint density at radius 1 is 1.18 bits per heavy atom. The maximum absolute atomic E-state index is 13.6. The van der Waals surface area contributed by atoms with E-state index in [0.29, 0.717) is 25.1 Å². The maximum atomic E-state index is 13.6. The standard InChI is InChI=1S/C26H31N5O2/c1-18(2)29-25(33)26(11-7-13-31(17-26)24(32)23-16-28-30-19(23)3)14-20-8-4-5-10-22(20)21-9-6-12-27-15-21/h4-6,8-10,12,15-16,18H,7,11,13-14,17H2,1-3H3,(H,28,30)(H,29,33). The quantitative estimate of drug-likeness (QED) is 0.604. The molecule has 7 nitrogen and oxygen atoms in total. The summed E-state index contributed by atoms with van der Waals surface area (Å²) in [6.07, 6.45) is 7.21. The molecule has 2 aromatic heterocycles. The number of hydrogen-bond acceptors (Lipinski definition) is 4. The zero-order valence-electron chi connectivity index (χ0n) is 19.5. The molecule has 1 aromatic carbocycles. The predicted molar refractivity (Wildman–Crippen MR) is 128 cm³/mol. The lowest BCUT2D eigenvalue weighted by Crippen LogP contribution is -2.55. The molecule has 2 amide bonds. The Morgan fingerprint density at radius 2 is 2.00 bits per heavy atom. The number of rotatable bonds is 6. The van der Waals surface area contributed by atoms with Crippen molar-refractivity contribution in [3.63, 3.8) is 0 Å². The van der Waals surface area contributed by atoms with Crippen LogP contribution in [0.4, 0.5) is 0 Å². The Balaban J connectivity index is 1.70. The first kappa shape index (κ1) is 22.7. The summed E-state index contributed by atoms with van der Waals surface area (Å²) in [6.45, 7) is 6.78. The second-order valence-corrected chi connectivity index (χ2v) is 9.22. The Bertz CT molecular complexity index is 1120. The SMILES string of the molecule is Cc1[nH]ncc1C(=O)N1CCCC(Cc2ccccc2-c2cccnc2)(C(=O)NC(C)C)C1. The monoisotopic (exact) mass is 445 g/mol. The molecule has 4 rings (SSSR count). The van der Waals surface area contributed by atoms with Gasteiger partial charge in [-0.15, -0.1) is 0 Å². The number of nitrogens with one attached hydrogen (secondary N) is 2. The van der Waals surface area contributed by atoms with Gasteiger partial charge in [-0.25, -0.2) is 0 Å². The molecule has 2 N–H and O–H groups in total. The highest BCUT2D eigenvalue weighted by Gasteiger charge is 2.44. The van der Waals surface area contributed by atoms with Crippen molar-refractivity contribution in [1.82, 2.24) is 25.4 Å². The second kappa shape index (κ2) is 9.57. The number of hydrogen-bond donors (Lipinski definition) is 2. The van der Waals surface area contributed by atoms with E-state index in [-0.39, 0.29) is 17.9 Å². The van der Waals surface area contributed by atoms with E-state index < -0.39 is 5.41 Å². The number of H-pyrrole nitrogens is 1. The molecule has 1 unspecified atom stereocenters. The first-order chi connectivity index (χ1) is 15.9. The molecule has 1 fully saturated rings. The van der Waals surface area contributed by atoms with Gasteiger partial charge < -0.3 is 10.2 Å². The molecule has 0 saturated carbocycles. The molecule has 0 radical (unpaired) electrons. The smallest absolute Gasteiger partial charge is 0.257 e. The van der Waals surface area contributed by atoms with Crippen LogP contribution in [0.15, 0.2) is 55.0 Å². The Labute approximate surface area is 194 Å². The zero-order chi connectivity index (χ0) is 23.4. The minimum atomic E-state index is -0.714. The number of nitrogens with zero attached hydrogens (tertiary/aromatic N) is 3. The van der Waals surface area contributed by atoms with E-state index >= 15 is 0 Å². The highest BCUT2D eigenvalue weighted by atomic mass is 16.2. The van der Waals surface area contributed by atoms with Crippen molar-refractivity contribution in [2.45, 2.75) is 46.1 Å². The number of amides is 2. The van der Waals surface area contributed by atoms with Crippen LogP contribution in [0.25, 0.3) is 11.1 Å². The van der Waals surface area contributed by atoms with Crippen LogP contribution in [0.5, 0.6) is 0 Å². The van der Waals surface area contributed by atoms with Gasteiger partial charge in [0.1, 0.15) is 0 Å². The summed E-state index contributed by atoms with van der Waals surface area (Å²) in [5.74, 6) is -0.0804. The Hall–Kier alpha value is -3.48. The van der Waals surface area contributed by atoms with Gasteiger partial charge in [0.2, 0.25) is 5.91 Å². The Morgan fingerprint density at radius 3 is 2.70 bits per heavy atom. The molecule has 0 spiro atoms. The lowest BCUT2D eigenvalue weighted by molar-refractivity contribution is -0.134. The van der Waals surface area contributed by atoms with Gasteiger partial charge in [0.05, 0.1) is 17.2 Å². The number of likely N-dealkylation sites (tertiary alicyclic amines) is 1. The molecular formula is C26H31N5O2. The predicted octanol–water partition coefficient (Wildman–Crippen LogP) is 3.77. The topological polar surface area (TPSA) is 91.0 Å². The van der Waals surface area contributed by atoms with Crippen molar-refractivity contribution in [2.24, 2.45) is 5.41 Å². The third kappa shape index (κ3) is 4.82. The number of pyridine rings is 1. The number of aryl methyl sites for hydroxylation is 1. The lowest BCUT2D eigenvalue weighted by Gasteiger charge is -2.42. The minimum Gasteiger partial charge on any atom is -0.353 e. The summed E-state index contributed by atoms with van der Waals surface area (Å²) < 4.78 is 0. The van der Waals surface area contributed by atoms with Crippen molar-refractivity contribution in [3.05, 3.63) is 71.8 Å². The van der Waals surface area contributed by atoms with Crippen LogP contribution in [0, 0.1) is 12.3 Å². The average molecular weight is 446 g/mol. The fraction of sp³-hybridized carbons (Fsp3) is 0.385. The fourth-order valence-electron chi connectivity index (χ4n) is 4.71. The molecule has 1 saturated heterocycles. The molecular weight excluding hydrogens is 414 g/mol. The number of carbonyl (C=O) groups is 2. The van der Waals surface area contributed by atoms with Crippen LogP contribution < -0.4 is 5.32 Å². The summed E-state index contributed by atoms with van der Waals surface area (Å²) in [6, 6.07) is 12.1. The van der Waals surface area contributed by atoms with Gasteiger partial charge in [-0.3, -0.25) is 19.7 Å². The second-order valence-electron chi connectivity index (χ2n) is 9.22. The third-order valence-corrected chi connectivity index (χ3v) is 6.34. The molecule has 172 valence electrons. The van der Waals surface area contributed by atoms with Crippen LogP contribution in [-0.2, 0) is 11.2 Å². The summed E-state index contributed by atoms with van der Waals surface area (Å²) in [4.78, 5) is 33.0. The number of carbonyl (C=O) groups excluding carboxylic acids is 2. The summed E-state index contributed by atoms with van der Waals surface area (Å²) in [7, 11) is 0. The van der Waals surface area contributed by atoms with Crippen LogP contribution in [0.3, 0.4) is 0 Å². The number of aromatic amines is 1. The minimum absolute atomic E-state index is 0.0000877. The Kier molecular flexibility index (Phi) is 6.58. The van der Waals surface area contributed by atoms with Gasteiger partial charge in [0.25, 0.3) is 5.91 Å². The number of aromatic nitrogens is 3. The van der Waals surface area contributed by atoms with Gasteiger partial charge in [0, 0.05) is 42.8 Å². The van der Waals surface area contributed by atoms with Gasteiger partial charge in [-0.2, -0.15) is 5.10 Å². The molecule has 33 heavy (non-hydrogen) atoms. The normalized spacial score (nSPS) is 18.4. The van der Waals surface area contributed by atoms with E-state index in [9.17, 15) is 9.59 Å². The number of piperidine rings is 1. The molecule has 0 aliphatic carbocycles. The molecule has 1 aliphatic rings. The van der Waals surface area contributed by atoms with Gasteiger partial charge in [0.15, 0.2) is 0 Å². The molecule has 0 bridgehead atoms. The lowest BCUT2D eigenvalue weighted by atomic mass is 9.73. The van der Waals surface area contributed by atoms with Crippen molar-refractivity contribution in [2.75, 3.05) is 13.1 Å². The van der Waals surface area contributed by atoms with Crippen LogP contribution in [0.2, 0.25) is 0 Å². The maximum Gasteiger partial charge on any atom is 0.257 e. The molecule has 7 heteroatoms. The average Bonchev–Trinajstić information content (AvgIpc) is 3.25. The number of benzene rings is 1. The van der Waals surface area contributed by atoms with Gasteiger partial charge in [-0.1, -0.05) is 30.3 Å². The largest absolute Gasteiger partial charge is 0.353 e. The first-order valence-corrected chi connectivity index (χ1v) is 11.5. The van der Waals surface area contributed by atoms with Crippen molar-refractivity contribution < 1.29 is 9.59 Å². The van der Waals surface area contributed by atoms with E-state index in [2.05, 4.69) is 32.6 Å². The summed E-state index contributed by atoms with van der Waals surface area (Å²) in [5.41, 5.74) is 3.75. The van der Waals surface area contributed by atoms with Crippen LogP contribution in [-0.4, -0.2) is 51.0 Å². The van der Waals surface area contributed by atoms with E-state index in [1.54, 1.807) is 12.4 Å². The fourth-order valence-corrected chi connectivity index (χ4v) is 4.71. The van der Waals surface area contributed by atoms with Crippen molar-refractivity contribution in [3.8, 4) is 11.1 Å². The van der Waals surface area contributed by atoms with E-state index in [0.717, 1.165) is 35.2 Å². The van der Waals surface area contributed by atoms with Crippen LogP contribution >= 0.6 is 0 Å². The van der Waals surface area contributed by atoms with E-state index in [1.807, 2.05) is 56.1 Å². The molecule has 1 atom stereocenters. The van der Waals surface area contributed by atoms with Crippen molar-refractivity contribution in [1.29, 1.82) is 0 Å². The first-order valence-electron chi connectivity index (χ1n) is 11.5. The third-order valence-electron chi connectivity index (χ3n) is 6.34.